The lowest BCUT2D eigenvalue weighted by Gasteiger charge is -2.26. The third-order valence-corrected chi connectivity index (χ3v) is 6.34. The minimum atomic E-state index is -4.68. The fourth-order valence-electron chi connectivity index (χ4n) is 3.75. The average molecular weight is 442 g/mol. The van der Waals surface area contributed by atoms with Gasteiger partial charge in [-0.25, -0.2) is 9.59 Å². The highest BCUT2D eigenvalue weighted by Gasteiger charge is 2.27. The Balaban J connectivity index is 1.77. The summed E-state index contributed by atoms with van der Waals surface area (Å²) in [5, 5.41) is 19.1. The molecule has 30 heavy (non-hydrogen) atoms. The maximum Gasteiger partial charge on any atom is 0.338 e. The first kappa shape index (κ1) is 22.7. The first-order chi connectivity index (χ1) is 14.1. The van der Waals surface area contributed by atoms with Gasteiger partial charge < -0.3 is 19.7 Å². The third-order valence-electron chi connectivity index (χ3n) is 5.51. The second-order valence-corrected chi connectivity index (χ2v) is 9.31. The molecule has 0 aliphatic heterocycles. The summed E-state index contributed by atoms with van der Waals surface area (Å²) in [6, 6.07) is 3.07. The molecule has 0 unspecified atom stereocenters. The molecular weight excluding hydrogens is 416 g/mol. The number of carbonyl (C=O) groups excluding carboxylic acids is 2. The Hall–Kier alpha value is -2.01. The normalized spacial score (nSPS) is 27.3. The van der Waals surface area contributed by atoms with E-state index in [-0.39, 0.29) is 11.1 Å². The van der Waals surface area contributed by atoms with Crippen molar-refractivity contribution in [3.63, 3.8) is 0 Å². The molecule has 1 aromatic rings. The molecule has 166 valence electrons. The van der Waals surface area contributed by atoms with Gasteiger partial charge in [-0.05, 0) is 69.6 Å². The summed E-state index contributed by atoms with van der Waals surface area (Å²) in [5.74, 6) is -1.64. The Labute approximate surface area is 174 Å². The first-order valence-corrected chi connectivity index (χ1v) is 11.5. The summed E-state index contributed by atoms with van der Waals surface area (Å²) in [4.78, 5) is 24.5. The minimum absolute atomic E-state index is 0.192. The molecule has 0 saturated heterocycles. The Morgan fingerprint density at radius 1 is 0.733 bits per heavy atom. The molecule has 0 atom stereocenters. The summed E-state index contributed by atoms with van der Waals surface area (Å²) < 4.78 is 43.4. The maximum absolute atomic E-state index is 12.5. The number of esters is 2. The van der Waals surface area contributed by atoms with Gasteiger partial charge in [0.05, 0.1) is 28.2 Å². The Morgan fingerprint density at radius 3 is 1.43 bits per heavy atom. The number of aliphatic hydroxyl groups excluding tert-OH is 2. The molecule has 1 aromatic carbocycles. The molecule has 2 saturated carbocycles. The fraction of sp³-hybridized carbons (Fsp3) is 0.600. The van der Waals surface area contributed by atoms with Crippen LogP contribution in [0.5, 0.6) is 0 Å². The molecule has 2 aliphatic rings. The number of carbonyl (C=O) groups is 2. The molecule has 0 bridgehead atoms. The predicted octanol–water partition coefficient (Wildman–Crippen LogP) is 1.85. The monoisotopic (exact) mass is 442 g/mol. The molecule has 10 heteroatoms. The molecule has 0 heterocycles. The molecule has 0 spiro atoms. The molecule has 0 aromatic heterocycles. The molecule has 3 rings (SSSR count). The third kappa shape index (κ3) is 6.00. The van der Waals surface area contributed by atoms with Crippen LogP contribution in [0.15, 0.2) is 23.1 Å². The Morgan fingerprint density at radius 2 is 1.10 bits per heavy atom. The van der Waals surface area contributed by atoms with E-state index in [4.69, 9.17) is 9.47 Å². The van der Waals surface area contributed by atoms with Gasteiger partial charge in [0.15, 0.2) is 0 Å². The number of rotatable bonds is 5. The molecular formula is C20H26O9S. The second kappa shape index (κ2) is 9.42. The van der Waals surface area contributed by atoms with Crippen LogP contribution in [0.25, 0.3) is 0 Å². The van der Waals surface area contributed by atoms with Gasteiger partial charge in [0.25, 0.3) is 10.1 Å². The number of hydrogen-bond acceptors (Lipinski definition) is 8. The van der Waals surface area contributed by atoms with Crippen LogP contribution in [-0.4, -0.2) is 59.5 Å². The topological polar surface area (TPSA) is 147 Å². The van der Waals surface area contributed by atoms with Crippen molar-refractivity contribution in [3.8, 4) is 0 Å². The summed E-state index contributed by atoms with van der Waals surface area (Å²) in [6.07, 6.45) is 2.22. The van der Waals surface area contributed by atoms with Crippen LogP contribution in [0.4, 0.5) is 0 Å². The molecule has 0 amide bonds. The average Bonchev–Trinajstić information content (AvgIpc) is 2.70. The highest BCUT2D eigenvalue weighted by Crippen LogP contribution is 2.25. The van der Waals surface area contributed by atoms with E-state index >= 15 is 0 Å². The van der Waals surface area contributed by atoms with Gasteiger partial charge >= 0.3 is 11.9 Å². The van der Waals surface area contributed by atoms with Gasteiger partial charge in [0.2, 0.25) is 0 Å². The van der Waals surface area contributed by atoms with Crippen molar-refractivity contribution < 1.29 is 42.2 Å². The standard InChI is InChI=1S/C20H26O9S/c21-14-1-5-16(6-2-14)28-19(23)12-9-13(11-18(10-12)30(25,26)27)20(24)29-17-7-3-15(22)4-8-17/h9-11,14-17,21-22H,1-8H2,(H,25,26,27). The summed E-state index contributed by atoms with van der Waals surface area (Å²) >= 11 is 0. The molecule has 2 aliphatic carbocycles. The van der Waals surface area contributed by atoms with Crippen molar-refractivity contribution in [3.05, 3.63) is 29.3 Å². The van der Waals surface area contributed by atoms with E-state index in [0.717, 1.165) is 12.1 Å². The van der Waals surface area contributed by atoms with Crippen LogP contribution in [0, 0.1) is 0 Å². The van der Waals surface area contributed by atoms with Crippen molar-refractivity contribution in [1.29, 1.82) is 0 Å². The molecule has 3 N–H and O–H groups in total. The van der Waals surface area contributed by atoms with Crippen molar-refractivity contribution in [2.45, 2.75) is 80.7 Å². The van der Waals surface area contributed by atoms with Crippen molar-refractivity contribution in [1.82, 2.24) is 0 Å². The van der Waals surface area contributed by atoms with E-state index in [1.165, 1.54) is 6.07 Å². The molecule has 2 fully saturated rings. The second-order valence-electron chi connectivity index (χ2n) is 7.89. The Kier molecular flexibility index (Phi) is 7.12. The maximum atomic E-state index is 12.5. The zero-order valence-corrected chi connectivity index (χ0v) is 17.2. The highest BCUT2D eigenvalue weighted by atomic mass is 32.2. The summed E-state index contributed by atoms with van der Waals surface area (Å²) in [5.41, 5.74) is -0.385. The Bertz CT molecular complexity index is 825. The quantitative estimate of drug-likeness (QED) is 0.459. The minimum Gasteiger partial charge on any atom is -0.459 e. The zero-order valence-electron chi connectivity index (χ0n) is 16.4. The zero-order chi connectivity index (χ0) is 21.9. The number of benzene rings is 1. The summed E-state index contributed by atoms with van der Waals surface area (Å²) in [7, 11) is -4.68. The lowest BCUT2D eigenvalue weighted by Crippen LogP contribution is -2.27. The van der Waals surface area contributed by atoms with Crippen LogP contribution >= 0.6 is 0 Å². The number of aliphatic hydroxyl groups is 2. The van der Waals surface area contributed by atoms with E-state index in [2.05, 4.69) is 0 Å². The van der Waals surface area contributed by atoms with Crippen LogP contribution in [0.3, 0.4) is 0 Å². The van der Waals surface area contributed by atoms with Gasteiger partial charge in [-0.1, -0.05) is 0 Å². The van der Waals surface area contributed by atoms with Gasteiger partial charge in [0, 0.05) is 0 Å². The van der Waals surface area contributed by atoms with E-state index in [1.807, 2.05) is 0 Å². The van der Waals surface area contributed by atoms with E-state index < -0.39 is 51.4 Å². The first-order valence-electron chi connectivity index (χ1n) is 10.0. The van der Waals surface area contributed by atoms with E-state index in [0.29, 0.717) is 51.4 Å². The smallest absolute Gasteiger partial charge is 0.338 e. The van der Waals surface area contributed by atoms with Crippen LogP contribution in [0.2, 0.25) is 0 Å². The van der Waals surface area contributed by atoms with Gasteiger partial charge in [-0.2, -0.15) is 8.42 Å². The largest absolute Gasteiger partial charge is 0.459 e. The predicted molar refractivity (Wildman–Crippen MR) is 104 cm³/mol. The van der Waals surface area contributed by atoms with Gasteiger partial charge in [0.1, 0.15) is 12.2 Å². The number of hydrogen-bond donors (Lipinski definition) is 3. The van der Waals surface area contributed by atoms with Crippen molar-refractivity contribution in [2.75, 3.05) is 0 Å². The summed E-state index contributed by atoms with van der Waals surface area (Å²) in [6.45, 7) is 0. The fourth-order valence-corrected chi connectivity index (χ4v) is 4.30. The number of ether oxygens (including phenoxy) is 2. The van der Waals surface area contributed by atoms with Gasteiger partial charge in [-0.15, -0.1) is 0 Å². The van der Waals surface area contributed by atoms with Crippen molar-refractivity contribution >= 4 is 22.1 Å². The lowest BCUT2D eigenvalue weighted by atomic mass is 9.95. The molecule has 0 radical (unpaired) electrons. The SMILES string of the molecule is O=C(OC1CCC(O)CC1)c1cc(C(=O)OC2CCC(O)CC2)cc(S(=O)(=O)O)c1. The molecule has 9 nitrogen and oxygen atoms in total. The van der Waals surface area contributed by atoms with Gasteiger partial charge in [-0.3, -0.25) is 4.55 Å². The van der Waals surface area contributed by atoms with Crippen molar-refractivity contribution in [2.24, 2.45) is 0 Å². The lowest BCUT2D eigenvalue weighted by molar-refractivity contribution is 0.00410. The van der Waals surface area contributed by atoms with E-state index in [1.54, 1.807) is 0 Å². The van der Waals surface area contributed by atoms with E-state index in [9.17, 15) is 32.8 Å². The van der Waals surface area contributed by atoms with Crippen LogP contribution in [0.1, 0.15) is 72.1 Å². The highest BCUT2D eigenvalue weighted by molar-refractivity contribution is 7.85. The van der Waals surface area contributed by atoms with Crippen LogP contribution < -0.4 is 0 Å². The van der Waals surface area contributed by atoms with Crippen LogP contribution in [-0.2, 0) is 19.6 Å².